The Morgan fingerprint density at radius 2 is 1.71 bits per heavy atom. The predicted molar refractivity (Wildman–Crippen MR) is 91.5 cm³/mol. The van der Waals surface area contributed by atoms with Crippen LogP contribution in [0.4, 0.5) is 11.7 Å². The molecule has 0 aliphatic rings. The molecule has 2 N–H and O–H groups in total. The van der Waals surface area contributed by atoms with Crippen LogP contribution in [0.15, 0.2) is 52.9 Å². The summed E-state index contributed by atoms with van der Waals surface area (Å²) in [5.74, 6) is 1.12. The first kappa shape index (κ1) is 15.9. The number of aromatic nitrogens is 2. The first-order chi connectivity index (χ1) is 11.4. The highest BCUT2D eigenvalue weighted by molar-refractivity contribution is 5.65. The molecule has 0 fully saturated rings. The Morgan fingerprint density at radius 3 is 2.46 bits per heavy atom. The van der Waals surface area contributed by atoms with Crippen molar-refractivity contribution in [1.82, 2.24) is 10.2 Å². The normalized spacial score (nSPS) is 11.3. The summed E-state index contributed by atoms with van der Waals surface area (Å²) in [6, 6.07) is 14.5. The molecule has 0 bridgehead atoms. The van der Waals surface area contributed by atoms with Crippen LogP contribution < -0.4 is 10.1 Å². The van der Waals surface area contributed by atoms with Gasteiger partial charge in [0.1, 0.15) is 17.1 Å². The zero-order valence-electron chi connectivity index (χ0n) is 13.8. The van der Waals surface area contributed by atoms with Crippen molar-refractivity contribution in [3.63, 3.8) is 0 Å². The minimum Gasteiger partial charge on any atom is -0.506 e. The van der Waals surface area contributed by atoms with E-state index in [-0.39, 0.29) is 17.4 Å². The van der Waals surface area contributed by atoms with E-state index in [4.69, 9.17) is 9.15 Å². The van der Waals surface area contributed by atoms with Gasteiger partial charge in [-0.05, 0) is 45.0 Å². The number of anilines is 2. The quantitative estimate of drug-likeness (QED) is 0.694. The summed E-state index contributed by atoms with van der Waals surface area (Å²) in [7, 11) is 0. The zero-order valence-corrected chi connectivity index (χ0v) is 13.8. The third-order valence-electron chi connectivity index (χ3n) is 3.10. The number of phenolic OH excluding ortho intramolecular Hbond substituents is 1. The van der Waals surface area contributed by atoms with E-state index in [1.165, 1.54) is 0 Å². The number of para-hydroxylation sites is 3. The minimum atomic E-state index is -0.340. The van der Waals surface area contributed by atoms with E-state index in [9.17, 15) is 5.11 Å². The lowest BCUT2D eigenvalue weighted by Crippen LogP contribution is -2.23. The highest BCUT2D eigenvalue weighted by Gasteiger charge is 2.18. The largest absolute Gasteiger partial charge is 0.506 e. The van der Waals surface area contributed by atoms with Gasteiger partial charge in [0, 0.05) is 0 Å². The monoisotopic (exact) mass is 325 g/mol. The third-order valence-corrected chi connectivity index (χ3v) is 3.10. The van der Waals surface area contributed by atoms with E-state index in [1.807, 2.05) is 45.0 Å². The van der Waals surface area contributed by atoms with Gasteiger partial charge in [-0.25, -0.2) is 0 Å². The molecule has 6 nitrogen and oxygen atoms in total. The van der Waals surface area contributed by atoms with Crippen LogP contribution in [0.1, 0.15) is 20.8 Å². The van der Waals surface area contributed by atoms with Gasteiger partial charge >= 0.3 is 6.01 Å². The molecule has 0 atom stereocenters. The zero-order chi connectivity index (χ0) is 17.2. The lowest BCUT2D eigenvalue weighted by Gasteiger charge is -2.22. The number of aromatic hydroxyl groups is 1. The molecule has 3 aromatic rings. The number of ether oxygens (including phenoxy) is 1. The number of benzene rings is 2. The van der Waals surface area contributed by atoms with Crippen LogP contribution in [0, 0.1) is 0 Å². The molecule has 6 heteroatoms. The second kappa shape index (κ2) is 6.23. The molecule has 124 valence electrons. The van der Waals surface area contributed by atoms with Crippen molar-refractivity contribution in [2.75, 3.05) is 5.32 Å². The number of hydrogen-bond donors (Lipinski definition) is 2. The molecule has 0 amide bonds. The minimum absolute atomic E-state index is 0.105. The summed E-state index contributed by atoms with van der Waals surface area (Å²) in [5.41, 5.74) is 0.865. The van der Waals surface area contributed by atoms with Gasteiger partial charge in [-0.2, -0.15) is 0 Å². The van der Waals surface area contributed by atoms with Crippen molar-refractivity contribution in [2.24, 2.45) is 0 Å². The lowest BCUT2D eigenvalue weighted by atomic mass is 10.1. The number of nitrogens with zero attached hydrogens (tertiary/aromatic N) is 2. The van der Waals surface area contributed by atoms with Crippen LogP contribution in [0.25, 0.3) is 11.5 Å². The molecule has 0 unspecified atom stereocenters. The molecule has 24 heavy (non-hydrogen) atoms. The van der Waals surface area contributed by atoms with Crippen molar-refractivity contribution in [3.8, 4) is 23.0 Å². The molecule has 0 saturated heterocycles. The average Bonchev–Trinajstić information content (AvgIpc) is 2.97. The lowest BCUT2D eigenvalue weighted by molar-refractivity contribution is 0.131. The van der Waals surface area contributed by atoms with Gasteiger partial charge < -0.3 is 19.6 Å². The Balaban J connectivity index is 1.88. The highest BCUT2D eigenvalue weighted by atomic mass is 16.5. The smallest absolute Gasteiger partial charge is 0.320 e. The van der Waals surface area contributed by atoms with Gasteiger partial charge in [0.2, 0.25) is 0 Å². The van der Waals surface area contributed by atoms with Crippen LogP contribution in [0.5, 0.6) is 11.5 Å². The van der Waals surface area contributed by atoms with Crippen LogP contribution in [0.3, 0.4) is 0 Å². The van der Waals surface area contributed by atoms with Crippen molar-refractivity contribution in [1.29, 1.82) is 0 Å². The Kier molecular flexibility index (Phi) is 4.12. The summed E-state index contributed by atoms with van der Waals surface area (Å²) < 4.78 is 11.6. The maximum atomic E-state index is 9.80. The molecule has 0 saturated carbocycles. The molecule has 1 aromatic heterocycles. The maximum Gasteiger partial charge on any atom is 0.320 e. The van der Waals surface area contributed by atoms with Crippen LogP contribution >= 0.6 is 0 Å². The van der Waals surface area contributed by atoms with E-state index in [1.54, 1.807) is 24.3 Å². The van der Waals surface area contributed by atoms with Gasteiger partial charge in [-0.3, -0.25) is 0 Å². The number of nitrogens with one attached hydrogen (secondary N) is 1. The van der Waals surface area contributed by atoms with Crippen molar-refractivity contribution < 1.29 is 14.3 Å². The molecular formula is C18H19N3O3. The van der Waals surface area contributed by atoms with Crippen LogP contribution in [0.2, 0.25) is 0 Å². The Labute approximate surface area is 140 Å². The van der Waals surface area contributed by atoms with E-state index < -0.39 is 0 Å². The van der Waals surface area contributed by atoms with Gasteiger partial charge in [-0.1, -0.05) is 29.4 Å². The summed E-state index contributed by atoms with van der Waals surface area (Å²) in [6.07, 6.45) is 0. The van der Waals surface area contributed by atoms with Gasteiger partial charge in [-0.15, -0.1) is 5.10 Å². The highest BCUT2D eigenvalue weighted by Crippen LogP contribution is 2.33. The number of phenols is 1. The predicted octanol–water partition coefficient (Wildman–Crippen LogP) is 4.36. The summed E-state index contributed by atoms with van der Waals surface area (Å²) in [5, 5.41) is 20.7. The standard InChI is InChI=1S/C18H19N3O3/c1-18(2,3)24-15-11-7-4-8-12(15)16-20-21-17(23-16)19-13-9-5-6-10-14(13)22/h4-11,22H,1-3H3,(H,19,21). The Hall–Kier alpha value is -3.02. The molecular weight excluding hydrogens is 306 g/mol. The maximum absolute atomic E-state index is 9.80. The van der Waals surface area contributed by atoms with Crippen molar-refractivity contribution in [2.45, 2.75) is 26.4 Å². The fraction of sp³-hybridized carbons (Fsp3) is 0.222. The van der Waals surface area contributed by atoms with E-state index in [0.29, 0.717) is 22.9 Å². The summed E-state index contributed by atoms with van der Waals surface area (Å²) in [4.78, 5) is 0. The molecule has 0 spiro atoms. The first-order valence-corrected chi connectivity index (χ1v) is 7.59. The third kappa shape index (κ3) is 3.65. The van der Waals surface area contributed by atoms with Gasteiger partial charge in [0.15, 0.2) is 0 Å². The Morgan fingerprint density at radius 1 is 1.00 bits per heavy atom. The fourth-order valence-corrected chi connectivity index (χ4v) is 2.14. The summed E-state index contributed by atoms with van der Waals surface area (Å²) in [6.45, 7) is 5.92. The first-order valence-electron chi connectivity index (χ1n) is 7.59. The van der Waals surface area contributed by atoms with Gasteiger partial charge in [0.25, 0.3) is 5.89 Å². The number of rotatable bonds is 4. The van der Waals surface area contributed by atoms with E-state index >= 15 is 0 Å². The molecule has 1 heterocycles. The molecule has 0 aliphatic carbocycles. The molecule has 0 radical (unpaired) electrons. The van der Waals surface area contributed by atoms with E-state index in [0.717, 1.165) is 0 Å². The van der Waals surface area contributed by atoms with Crippen molar-refractivity contribution in [3.05, 3.63) is 48.5 Å². The second-order valence-corrected chi connectivity index (χ2v) is 6.27. The summed E-state index contributed by atoms with van der Waals surface area (Å²) >= 11 is 0. The topological polar surface area (TPSA) is 80.4 Å². The fourth-order valence-electron chi connectivity index (χ4n) is 2.14. The second-order valence-electron chi connectivity index (χ2n) is 6.27. The van der Waals surface area contributed by atoms with Crippen molar-refractivity contribution >= 4 is 11.7 Å². The SMILES string of the molecule is CC(C)(C)Oc1ccccc1-c1nnc(Nc2ccccc2O)o1. The van der Waals surface area contributed by atoms with Crippen LogP contribution in [-0.4, -0.2) is 20.9 Å². The average molecular weight is 325 g/mol. The number of hydrogen-bond acceptors (Lipinski definition) is 6. The molecule has 0 aliphatic heterocycles. The van der Waals surface area contributed by atoms with E-state index in [2.05, 4.69) is 15.5 Å². The van der Waals surface area contributed by atoms with Crippen LogP contribution in [-0.2, 0) is 0 Å². The molecule has 2 aromatic carbocycles. The Bertz CT molecular complexity index is 837. The van der Waals surface area contributed by atoms with Gasteiger partial charge in [0.05, 0.1) is 11.3 Å². The molecule has 3 rings (SSSR count).